The molecule has 22 heavy (non-hydrogen) atoms. The van der Waals surface area contributed by atoms with Crippen molar-refractivity contribution in [1.29, 1.82) is 0 Å². The van der Waals surface area contributed by atoms with Gasteiger partial charge in [-0.15, -0.1) is 0 Å². The number of aromatic nitrogens is 1. The fourth-order valence-electron chi connectivity index (χ4n) is 2.04. The van der Waals surface area contributed by atoms with E-state index in [1.807, 2.05) is 18.2 Å². The molecule has 0 unspecified atom stereocenters. The molecule has 0 aliphatic carbocycles. The number of ether oxygens (including phenoxy) is 1. The maximum atomic E-state index is 12.8. The van der Waals surface area contributed by atoms with Crippen molar-refractivity contribution in [3.8, 4) is 5.75 Å². The van der Waals surface area contributed by atoms with Crippen molar-refractivity contribution in [1.82, 2.24) is 4.98 Å². The molecule has 0 aliphatic rings. The van der Waals surface area contributed by atoms with Gasteiger partial charge in [-0.05, 0) is 35.9 Å². The number of nitrogens with zero attached hydrogens (tertiary/aromatic N) is 1. The first-order valence-electron chi connectivity index (χ1n) is 6.63. The second-order valence-corrected chi connectivity index (χ2v) is 5.73. The number of thiazole rings is 1. The lowest BCUT2D eigenvalue weighted by Gasteiger charge is -2.01. The van der Waals surface area contributed by atoms with Gasteiger partial charge in [0.15, 0.2) is 5.13 Å². The molecule has 1 amide bonds. The van der Waals surface area contributed by atoms with Crippen molar-refractivity contribution >= 4 is 32.6 Å². The van der Waals surface area contributed by atoms with Crippen molar-refractivity contribution < 1.29 is 13.9 Å². The van der Waals surface area contributed by atoms with Crippen molar-refractivity contribution in [2.75, 3.05) is 12.4 Å². The van der Waals surface area contributed by atoms with Crippen molar-refractivity contribution in [2.45, 2.75) is 6.42 Å². The van der Waals surface area contributed by atoms with Gasteiger partial charge in [0, 0.05) is 0 Å². The number of halogens is 1. The van der Waals surface area contributed by atoms with Gasteiger partial charge < -0.3 is 10.1 Å². The highest BCUT2D eigenvalue weighted by Gasteiger charge is 2.09. The monoisotopic (exact) mass is 316 g/mol. The van der Waals surface area contributed by atoms with Gasteiger partial charge in [0.2, 0.25) is 5.91 Å². The summed E-state index contributed by atoms with van der Waals surface area (Å²) in [6.45, 7) is 0. The molecule has 2 aromatic carbocycles. The molecule has 0 saturated heterocycles. The second-order valence-electron chi connectivity index (χ2n) is 4.70. The summed E-state index contributed by atoms with van der Waals surface area (Å²) in [6, 6.07) is 11.4. The van der Waals surface area contributed by atoms with E-state index in [4.69, 9.17) is 4.74 Å². The van der Waals surface area contributed by atoms with Crippen LogP contribution < -0.4 is 10.1 Å². The third-order valence-corrected chi connectivity index (χ3v) is 4.05. The largest absolute Gasteiger partial charge is 0.497 e. The molecule has 0 saturated carbocycles. The number of amides is 1. The zero-order valence-electron chi connectivity index (χ0n) is 11.8. The Kier molecular flexibility index (Phi) is 4.02. The Morgan fingerprint density at radius 3 is 2.77 bits per heavy atom. The number of hydrogen-bond acceptors (Lipinski definition) is 4. The first kappa shape index (κ1) is 14.5. The molecule has 0 fully saturated rings. The van der Waals surface area contributed by atoms with Crippen LogP contribution >= 0.6 is 11.3 Å². The van der Waals surface area contributed by atoms with E-state index < -0.39 is 0 Å². The SMILES string of the molecule is COc1ccc2nc(NC(=O)Cc3ccc(F)cc3)sc2c1. The van der Waals surface area contributed by atoms with Crippen molar-refractivity contribution in [2.24, 2.45) is 0 Å². The number of nitrogens with one attached hydrogen (secondary N) is 1. The summed E-state index contributed by atoms with van der Waals surface area (Å²) in [7, 11) is 1.60. The van der Waals surface area contributed by atoms with Crippen LogP contribution in [0.25, 0.3) is 10.2 Å². The molecule has 0 aliphatic heterocycles. The number of benzene rings is 2. The molecule has 6 heteroatoms. The first-order valence-corrected chi connectivity index (χ1v) is 7.44. The molecule has 0 atom stereocenters. The van der Waals surface area contributed by atoms with E-state index in [-0.39, 0.29) is 18.1 Å². The van der Waals surface area contributed by atoms with Crippen LogP contribution in [0.5, 0.6) is 5.75 Å². The van der Waals surface area contributed by atoms with Crippen LogP contribution in [-0.2, 0) is 11.2 Å². The summed E-state index contributed by atoms with van der Waals surface area (Å²) in [5.41, 5.74) is 1.56. The number of carbonyl (C=O) groups is 1. The molecule has 1 aromatic heterocycles. The molecule has 112 valence electrons. The second kappa shape index (κ2) is 6.11. The Balaban J connectivity index is 1.72. The number of fused-ring (bicyclic) bond motifs is 1. The maximum absolute atomic E-state index is 12.8. The predicted molar refractivity (Wildman–Crippen MR) is 84.9 cm³/mol. The minimum absolute atomic E-state index is 0.180. The van der Waals surface area contributed by atoms with E-state index in [9.17, 15) is 9.18 Å². The minimum atomic E-state index is -0.315. The number of hydrogen-bond donors (Lipinski definition) is 1. The minimum Gasteiger partial charge on any atom is -0.497 e. The van der Waals surface area contributed by atoms with Gasteiger partial charge in [0.1, 0.15) is 11.6 Å². The van der Waals surface area contributed by atoms with Crippen molar-refractivity contribution in [3.05, 3.63) is 53.8 Å². The molecule has 1 heterocycles. The summed E-state index contributed by atoms with van der Waals surface area (Å²) in [5.74, 6) is 0.252. The van der Waals surface area contributed by atoms with Gasteiger partial charge in [-0.25, -0.2) is 9.37 Å². The average Bonchev–Trinajstić information content (AvgIpc) is 2.90. The summed E-state index contributed by atoms with van der Waals surface area (Å²) in [6.07, 6.45) is 0.180. The standard InChI is InChI=1S/C16H13FN2O2S/c1-21-12-6-7-13-14(9-12)22-16(18-13)19-15(20)8-10-2-4-11(17)5-3-10/h2-7,9H,8H2,1H3,(H,18,19,20). The van der Waals surface area contributed by atoms with E-state index in [1.54, 1.807) is 19.2 Å². The van der Waals surface area contributed by atoms with Crippen LogP contribution in [0.4, 0.5) is 9.52 Å². The number of anilines is 1. The highest BCUT2D eigenvalue weighted by Crippen LogP contribution is 2.29. The summed E-state index contributed by atoms with van der Waals surface area (Å²) in [4.78, 5) is 16.4. The summed E-state index contributed by atoms with van der Waals surface area (Å²) < 4.78 is 18.9. The molecule has 0 radical (unpaired) electrons. The fourth-order valence-corrected chi connectivity index (χ4v) is 2.95. The molecule has 3 rings (SSSR count). The lowest BCUT2D eigenvalue weighted by Crippen LogP contribution is -2.14. The zero-order chi connectivity index (χ0) is 15.5. The van der Waals surface area contributed by atoms with Gasteiger partial charge in [-0.2, -0.15) is 0 Å². The lowest BCUT2D eigenvalue weighted by molar-refractivity contribution is -0.115. The quantitative estimate of drug-likeness (QED) is 0.800. The molecule has 4 nitrogen and oxygen atoms in total. The lowest BCUT2D eigenvalue weighted by atomic mass is 10.1. The van der Waals surface area contributed by atoms with E-state index in [1.165, 1.54) is 23.5 Å². The van der Waals surface area contributed by atoms with Crippen LogP contribution in [0.2, 0.25) is 0 Å². The van der Waals surface area contributed by atoms with E-state index in [0.29, 0.717) is 5.13 Å². The smallest absolute Gasteiger partial charge is 0.230 e. The summed E-state index contributed by atoms with van der Waals surface area (Å²) in [5, 5.41) is 3.30. The maximum Gasteiger partial charge on any atom is 0.230 e. The molecule has 0 spiro atoms. The third-order valence-electron chi connectivity index (χ3n) is 3.12. The highest BCUT2D eigenvalue weighted by atomic mass is 32.1. The molecular formula is C16H13FN2O2S. The Labute approximate surface area is 130 Å². The van der Waals surface area contributed by atoms with Gasteiger partial charge in [0.25, 0.3) is 0 Å². The van der Waals surface area contributed by atoms with Crippen LogP contribution in [0, 0.1) is 5.82 Å². The number of methoxy groups -OCH3 is 1. The van der Waals surface area contributed by atoms with Gasteiger partial charge in [-0.3, -0.25) is 4.79 Å². The van der Waals surface area contributed by atoms with E-state index in [0.717, 1.165) is 21.5 Å². The van der Waals surface area contributed by atoms with Gasteiger partial charge >= 0.3 is 0 Å². The zero-order valence-corrected chi connectivity index (χ0v) is 12.6. The average molecular weight is 316 g/mol. The van der Waals surface area contributed by atoms with Gasteiger partial charge in [-0.1, -0.05) is 23.5 Å². The highest BCUT2D eigenvalue weighted by molar-refractivity contribution is 7.22. The van der Waals surface area contributed by atoms with Crippen LogP contribution in [0.15, 0.2) is 42.5 Å². The summed E-state index contributed by atoms with van der Waals surface area (Å²) >= 11 is 1.39. The van der Waals surface area contributed by atoms with Crippen LogP contribution in [-0.4, -0.2) is 18.0 Å². The van der Waals surface area contributed by atoms with E-state index >= 15 is 0 Å². The molecule has 1 N–H and O–H groups in total. The number of rotatable bonds is 4. The van der Waals surface area contributed by atoms with Crippen LogP contribution in [0.1, 0.15) is 5.56 Å². The molecular weight excluding hydrogens is 303 g/mol. The fraction of sp³-hybridized carbons (Fsp3) is 0.125. The molecule has 3 aromatic rings. The topological polar surface area (TPSA) is 51.2 Å². The van der Waals surface area contributed by atoms with Gasteiger partial charge in [0.05, 0.1) is 23.7 Å². The van der Waals surface area contributed by atoms with Crippen molar-refractivity contribution in [3.63, 3.8) is 0 Å². The molecule has 0 bridgehead atoms. The third kappa shape index (κ3) is 3.23. The Morgan fingerprint density at radius 1 is 1.27 bits per heavy atom. The predicted octanol–water partition coefficient (Wildman–Crippen LogP) is 3.63. The first-order chi connectivity index (χ1) is 10.6. The Bertz CT molecular complexity index is 815. The van der Waals surface area contributed by atoms with Crippen LogP contribution in [0.3, 0.4) is 0 Å². The van der Waals surface area contributed by atoms with E-state index in [2.05, 4.69) is 10.3 Å². The Hall–Kier alpha value is -2.47. The normalized spacial score (nSPS) is 10.6. The number of carbonyl (C=O) groups excluding carboxylic acids is 1. The Morgan fingerprint density at radius 2 is 2.05 bits per heavy atom.